The number of nitrogens with zero attached hydrogens (tertiary/aromatic N) is 2. The molecule has 11 heteroatoms. The third-order valence-corrected chi connectivity index (χ3v) is 8.66. The van der Waals surface area contributed by atoms with E-state index in [9.17, 15) is 13.2 Å². The number of carbonyl (C=O) groups excluding carboxylic acids is 1. The van der Waals surface area contributed by atoms with Crippen LogP contribution in [0.4, 0.5) is 0 Å². The third-order valence-electron chi connectivity index (χ3n) is 5.12. The molecule has 1 amide bonds. The van der Waals surface area contributed by atoms with Crippen molar-refractivity contribution in [1.82, 2.24) is 14.6 Å². The molecule has 4 N–H and O–H groups in total. The van der Waals surface area contributed by atoms with Gasteiger partial charge in [-0.3, -0.25) is 15.2 Å². The number of hydrogen-bond donors (Lipinski definition) is 3. The van der Waals surface area contributed by atoms with Gasteiger partial charge in [0.1, 0.15) is 16.1 Å². The molecule has 3 aromatic rings. The molecular formula is C21H20ClN5O3S2. The molecule has 166 valence electrons. The zero-order chi connectivity index (χ0) is 22.9. The van der Waals surface area contributed by atoms with Crippen LogP contribution in [0.2, 0.25) is 5.02 Å². The first-order valence-electron chi connectivity index (χ1n) is 9.69. The number of benzene rings is 1. The predicted octanol–water partition coefficient (Wildman–Crippen LogP) is 2.83. The number of halogens is 1. The Morgan fingerprint density at radius 3 is 2.81 bits per heavy atom. The second-order valence-corrected chi connectivity index (χ2v) is 10.7. The van der Waals surface area contributed by atoms with Crippen LogP contribution in [0.3, 0.4) is 0 Å². The van der Waals surface area contributed by atoms with Crippen molar-refractivity contribution in [2.45, 2.75) is 23.2 Å². The van der Waals surface area contributed by atoms with Crippen LogP contribution >= 0.6 is 22.9 Å². The number of amides is 1. The van der Waals surface area contributed by atoms with Gasteiger partial charge in [0.05, 0.1) is 9.90 Å². The molecule has 1 saturated heterocycles. The van der Waals surface area contributed by atoms with E-state index in [0.717, 1.165) is 22.5 Å². The fourth-order valence-corrected chi connectivity index (χ4v) is 6.60. The number of nitrogen functional groups attached to an aromatic ring is 1. The molecule has 8 nitrogen and oxygen atoms in total. The lowest BCUT2D eigenvalue weighted by molar-refractivity contribution is -0.129. The van der Waals surface area contributed by atoms with Crippen LogP contribution in [0.5, 0.6) is 0 Å². The molecule has 1 atom stereocenters. The van der Waals surface area contributed by atoms with Crippen molar-refractivity contribution < 1.29 is 13.2 Å². The second kappa shape index (κ2) is 8.99. The van der Waals surface area contributed by atoms with Crippen molar-refractivity contribution in [3.05, 3.63) is 71.0 Å². The normalized spacial score (nSPS) is 16.5. The lowest BCUT2D eigenvalue weighted by Gasteiger charge is -2.19. The number of carbonyl (C=O) groups is 1. The lowest BCUT2D eigenvalue weighted by atomic mass is 10.1. The molecule has 1 aromatic carbocycles. The minimum Gasteiger partial charge on any atom is -0.384 e. The Kier molecular flexibility index (Phi) is 6.29. The van der Waals surface area contributed by atoms with E-state index in [1.165, 1.54) is 6.07 Å². The maximum atomic E-state index is 12.9. The average molecular weight is 490 g/mol. The standard InChI is InChI=1S/C21H20ClN5O3S2/c22-16-10-18(31-19(16)13-5-3-8-25-11-13)32(29,30)26-17-7-9-27(21(17)28)12-14-4-1-2-6-15(14)20(23)24/h1-6,8,10-11,17,26H,7,9,12H2,(H3,23,24). The molecule has 1 aliphatic rings. The summed E-state index contributed by atoms with van der Waals surface area (Å²) in [5, 5.41) is 8.01. The maximum Gasteiger partial charge on any atom is 0.250 e. The molecule has 3 heterocycles. The summed E-state index contributed by atoms with van der Waals surface area (Å²) in [6, 6.07) is 11.2. The predicted molar refractivity (Wildman–Crippen MR) is 124 cm³/mol. The molecule has 0 bridgehead atoms. The van der Waals surface area contributed by atoms with Gasteiger partial charge in [-0.05, 0) is 24.1 Å². The van der Waals surface area contributed by atoms with Crippen LogP contribution in [-0.4, -0.2) is 42.6 Å². The maximum absolute atomic E-state index is 12.9. The molecule has 1 aliphatic heterocycles. The largest absolute Gasteiger partial charge is 0.384 e. The number of aromatic nitrogens is 1. The number of pyridine rings is 1. The number of nitrogens with two attached hydrogens (primary N) is 1. The van der Waals surface area contributed by atoms with Crippen molar-refractivity contribution in [2.75, 3.05) is 6.54 Å². The Balaban J connectivity index is 1.49. The van der Waals surface area contributed by atoms with Gasteiger partial charge < -0.3 is 10.6 Å². The monoisotopic (exact) mass is 489 g/mol. The van der Waals surface area contributed by atoms with Crippen molar-refractivity contribution >= 4 is 44.7 Å². The van der Waals surface area contributed by atoms with Gasteiger partial charge in [0.15, 0.2) is 0 Å². The first-order valence-corrected chi connectivity index (χ1v) is 12.4. The van der Waals surface area contributed by atoms with Crippen LogP contribution in [0.15, 0.2) is 59.1 Å². The van der Waals surface area contributed by atoms with E-state index in [-0.39, 0.29) is 22.5 Å². The lowest BCUT2D eigenvalue weighted by Crippen LogP contribution is -2.41. The van der Waals surface area contributed by atoms with E-state index in [1.807, 2.05) is 6.07 Å². The molecule has 0 saturated carbocycles. The Labute approximate surface area is 194 Å². The Bertz CT molecular complexity index is 1280. The molecule has 1 unspecified atom stereocenters. The van der Waals surface area contributed by atoms with E-state index < -0.39 is 16.1 Å². The summed E-state index contributed by atoms with van der Waals surface area (Å²) >= 11 is 7.30. The van der Waals surface area contributed by atoms with Crippen molar-refractivity contribution in [3.63, 3.8) is 0 Å². The van der Waals surface area contributed by atoms with Crippen LogP contribution in [0, 0.1) is 5.41 Å². The summed E-state index contributed by atoms with van der Waals surface area (Å²) in [5.74, 6) is -0.398. The van der Waals surface area contributed by atoms with Crippen molar-refractivity contribution in [1.29, 1.82) is 5.41 Å². The van der Waals surface area contributed by atoms with E-state index in [4.69, 9.17) is 22.7 Å². The number of rotatable bonds is 7. The molecule has 4 rings (SSSR count). The van der Waals surface area contributed by atoms with Crippen LogP contribution in [-0.2, 0) is 21.4 Å². The van der Waals surface area contributed by atoms with Crippen LogP contribution < -0.4 is 10.5 Å². The summed E-state index contributed by atoms with van der Waals surface area (Å²) in [6.45, 7) is 0.646. The number of hydrogen-bond acceptors (Lipinski definition) is 6. The smallest absolute Gasteiger partial charge is 0.250 e. The zero-order valence-electron chi connectivity index (χ0n) is 16.8. The van der Waals surface area contributed by atoms with Gasteiger partial charge in [-0.25, -0.2) is 8.42 Å². The topological polar surface area (TPSA) is 129 Å². The Hall–Kier alpha value is -2.79. The van der Waals surface area contributed by atoms with Crippen molar-refractivity contribution in [3.8, 4) is 10.4 Å². The van der Waals surface area contributed by atoms with Gasteiger partial charge in [-0.2, -0.15) is 4.72 Å². The molecule has 0 spiro atoms. The first-order chi connectivity index (χ1) is 15.3. The minimum atomic E-state index is -3.94. The summed E-state index contributed by atoms with van der Waals surface area (Å²) in [5.41, 5.74) is 7.64. The van der Waals surface area contributed by atoms with E-state index in [0.29, 0.717) is 28.4 Å². The number of nitrogens with one attached hydrogen (secondary N) is 2. The zero-order valence-corrected chi connectivity index (χ0v) is 19.2. The van der Waals surface area contributed by atoms with Gasteiger partial charge in [-0.1, -0.05) is 41.9 Å². The summed E-state index contributed by atoms with van der Waals surface area (Å²) in [7, 11) is -3.94. The SMILES string of the molecule is N=C(N)c1ccccc1CN1CCC(NS(=O)(=O)c2cc(Cl)c(-c3cccnc3)s2)C1=O. The summed E-state index contributed by atoms with van der Waals surface area (Å²) < 4.78 is 28.5. The number of likely N-dealkylation sites (tertiary alicyclic amines) is 1. The average Bonchev–Trinajstić information content (AvgIpc) is 3.33. The van der Waals surface area contributed by atoms with Gasteiger partial charge in [0.25, 0.3) is 10.0 Å². The van der Waals surface area contributed by atoms with E-state index in [2.05, 4.69) is 9.71 Å². The molecule has 2 aromatic heterocycles. The second-order valence-electron chi connectivity index (χ2n) is 7.28. The fourth-order valence-electron chi connectivity index (χ4n) is 3.55. The highest BCUT2D eigenvalue weighted by molar-refractivity contribution is 7.91. The van der Waals surface area contributed by atoms with Gasteiger partial charge in [0, 0.05) is 36.6 Å². The minimum absolute atomic E-state index is 0.0366. The van der Waals surface area contributed by atoms with Crippen LogP contribution in [0.1, 0.15) is 17.5 Å². The van der Waals surface area contributed by atoms with Crippen LogP contribution in [0.25, 0.3) is 10.4 Å². The fraction of sp³-hybridized carbons (Fsp3) is 0.190. The first kappa shape index (κ1) is 22.4. The van der Waals surface area contributed by atoms with E-state index in [1.54, 1.807) is 47.6 Å². The highest BCUT2D eigenvalue weighted by Crippen LogP contribution is 2.38. The number of sulfonamides is 1. The molecule has 0 radical (unpaired) electrons. The third kappa shape index (κ3) is 4.53. The number of thiophene rings is 1. The van der Waals surface area contributed by atoms with Gasteiger partial charge in [-0.15, -0.1) is 11.3 Å². The Morgan fingerprint density at radius 1 is 1.31 bits per heavy atom. The number of amidine groups is 1. The molecule has 0 aliphatic carbocycles. The van der Waals surface area contributed by atoms with Gasteiger partial charge >= 0.3 is 0 Å². The Morgan fingerprint density at radius 2 is 2.09 bits per heavy atom. The van der Waals surface area contributed by atoms with E-state index >= 15 is 0 Å². The molecular weight excluding hydrogens is 470 g/mol. The van der Waals surface area contributed by atoms with Gasteiger partial charge in [0.2, 0.25) is 5.91 Å². The summed E-state index contributed by atoms with van der Waals surface area (Å²) in [4.78, 5) is 19.1. The van der Waals surface area contributed by atoms with Crippen molar-refractivity contribution in [2.24, 2.45) is 5.73 Å². The highest BCUT2D eigenvalue weighted by Gasteiger charge is 2.36. The molecule has 32 heavy (non-hydrogen) atoms. The quantitative estimate of drug-likeness (QED) is 0.347. The molecule has 1 fully saturated rings. The highest BCUT2D eigenvalue weighted by atomic mass is 35.5. The summed E-state index contributed by atoms with van der Waals surface area (Å²) in [6.07, 6.45) is 3.57.